The van der Waals surface area contributed by atoms with E-state index in [2.05, 4.69) is 22.3 Å². The molecule has 20 heavy (non-hydrogen) atoms. The topological polar surface area (TPSA) is 56.2 Å². The molecule has 2 heterocycles. The summed E-state index contributed by atoms with van der Waals surface area (Å²) in [5.41, 5.74) is 1.50. The average Bonchev–Trinajstić information content (AvgIpc) is 2.85. The molecule has 0 radical (unpaired) electrons. The lowest BCUT2D eigenvalue weighted by molar-refractivity contribution is 0.0525. The van der Waals surface area contributed by atoms with Crippen molar-refractivity contribution >= 4 is 5.91 Å². The third-order valence-corrected chi connectivity index (χ3v) is 3.43. The normalized spacial score (nSPS) is 18.2. The number of amides is 1. The van der Waals surface area contributed by atoms with Gasteiger partial charge in [-0.15, -0.1) is 0 Å². The Hall–Kier alpha value is -1.80. The van der Waals surface area contributed by atoms with Crippen molar-refractivity contribution in [2.75, 3.05) is 13.2 Å². The van der Waals surface area contributed by atoms with Crippen molar-refractivity contribution < 1.29 is 9.53 Å². The van der Waals surface area contributed by atoms with E-state index in [1.54, 1.807) is 10.9 Å². The molecule has 1 aromatic heterocycles. The first kappa shape index (κ1) is 14.6. The number of nitrogens with one attached hydrogen (secondary N) is 1. The third-order valence-electron chi connectivity index (χ3n) is 3.43. The zero-order chi connectivity index (χ0) is 14.4. The molecule has 1 N–H and O–H groups in total. The van der Waals surface area contributed by atoms with Crippen molar-refractivity contribution in [1.29, 1.82) is 0 Å². The monoisotopic (exact) mass is 275 g/mol. The molecule has 1 unspecified atom stereocenters. The van der Waals surface area contributed by atoms with E-state index < -0.39 is 0 Å². The summed E-state index contributed by atoms with van der Waals surface area (Å²) in [6.07, 6.45) is 4.91. The van der Waals surface area contributed by atoms with Gasteiger partial charge in [-0.1, -0.05) is 11.8 Å². The smallest absolute Gasteiger partial charge is 0.255 e. The Morgan fingerprint density at radius 2 is 2.45 bits per heavy atom. The number of carbonyl (C=O) groups excluding carboxylic acids is 1. The van der Waals surface area contributed by atoms with Gasteiger partial charge in [0.2, 0.25) is 0 Å². The second kappa shape index (κ2) is 7.11. The summed E-state index contributed by atoms with van der Waals surface area (Å²) in [5.74, 6) is 5.89. The molecular weight excluding hydrogens is 254 g/mol. The van der Waals surface area contributed by atoms with Gasteiger partial charge in [-0.2, -0.15) is 5.10 Å². The number of ether oxygens (including phenoxy) is 1. The van der Waals surface area contributed by atoms with E-state index in [9.17, 15) is 4.79 Å². The third kappa shape index (κ3) is 3.61. The molecule has 1 aliphatic heterocycles. The summed E-state index contributed by atoms with van der Waals surface area (Å²) in [4.78, 5) is 12.0. The highest BCUT2D eigenvalue weighted by atomic mass is 16.5. The Morgan fingerprint density at radius 1 is 1.60 bits per heavy atom. The van der Waals surface area contributed by atoms with Crippen LogP contribution in [0, 0.1) is 18.8 Å². The number of hydrogen-bond acceptors (Lipinski definition) is 3. The fraction of sp³-hybridized carbons (Fsp3) is 0.600. The van der Waals surface area contributed by atoms with Gasteiger partial charge < -0.3 is 10.1 Å². The van der Waals surface area contributed by atoms with Crippen LogP contribution in [-0.4, -0.2) is 34.9 Å². The Morgan fingerprint density at radius 3 is 3.10 bits per heavy atom. The summed E-state index contributed by atoms with van der Waals surface area (Å²) in [7, 11) is 0. The Balaban J connectivity index is 1.83. The first-order chi connectivity index (χ1) is 9.72. The highest BCUT2D eigenvalue weighted by molar-refractivity contribution is 5.95. The van der Waals surface area contributed by atoms with Gasteiger partial charge in [-0.25, -0.2) is 0 Å². The molecule has 108 valence electrons. The first-order valence-corrected chi connectivity index (χ1v) is 7.13. The molecular formula is C15H21N3O2. The molecule has 0 bridgehead atoms. The second-order valence-corrected chi connectivity index (χ2v) is 4.82. The molecule has 0 saturated carbocycles. The highest BCUT2D eigenvalue weighted by Gasteiger charge is 2.13. The molecule has 0 spiro atoms. The van der Waals surface area contributed by atoms with Gasteiger partial charge in [0.25, 0.3) is 5.91 Å². The maximum Gasteiger partial charge on any atom is 0.255 e. The highest BCUT2D eigenvalue weighted by Crippen LogP contribution is 2.11. The van der Waals surface area contributed by atoms with E-state index in [4.69, 9.17) is 4.74 Å². The lowest BCUT2D eigenvalue weighted by Gasteiger charge is -2.17. The van der Waals surface area contributed by atoms with E-state index in [1.165, 1.54) is 6.42 Å². The molecule has 1 saturated heterocycles. The average molecular weight is 275 g/mol. The number of nitrogens with zero attached hydrogens (tertiary/aromatic N) is 2. The largest absolute Gasteiger partial charge is 0.366 e. The minimum absolute atomic E-state index is 0.0326. The Labute approximate surface area is 119 Å². The lowest BCUT2D eigenvalue weighted by atomic mass is 10.1. The van der Waals surface area contributed by atoms with Crippen LogP contribution < -0.4 is 5.32 Å². The summed E-state index contributed by atoms with van der Waals surface area (Å²) in [6, 6.07) is 0. The zero-order valence-electron chi connectivity index (χ0n) is 12.1. The van der Waals surface area contributed by atoms with Crippen LogP contribution >= 0.6 is 0 Å². The molecule has 1 fully saturated rings. The molecule has 1 atom stereocenters. The van der Waals surface area contributed by atoms with Crippen molar-refractivity contribution in [3.63, 3.8) is 0 Å². The minimum atomic E-state index is -0.124. The number of hydrogen-bond donors (Lipinski definition) is 1. The molecule has 0 aliphatic carbocycles. The van der Waals surface area contributed by atoms with Crippen molar-refractivity contribution in [3.8, 4) is 11.8 Å². The zero-order valence-corrected chi connectivity index (χ0v) is 12.1. The summed E-state index contributed by atoms with van der Waals surface area (Å²) >= 11 is 0. The van der Waals surface area contributed by atoms with E-state index in [0.717, 1.165) is 31.7 Å². The van der Waals surface area contributed by atoms with Crippen LogP contribution in [0.4, 0.5) is 0 Å². The van der Waals surface area contributed by atoms with Crippen molar-refractivity contribution in [3.05, 3.63) is 17.5 Å². The second-order valence-electron chi connectivity index (χ2n) is 4.82. The van der Waals surface area contributed by atoms with Crippen LogP contribution in [-0.2, 0) is 11.3 Å². The van der Waals surface area contributed by atoms with E-state index in [-0.39, 0.29) is 12.0 Å². The van der Waals surface area contributed by atoms with Crippen molar-refractivity contribution in [1.82, 2.24) is 15.1 Å². The number of rotatable bonds is 3. The van der Waals surface area contributed by atoms with E-state index in [0.29, 0.717) is 12.1 Å². The summed E-state index contributed by atoms with van der Waals surface area (Å²) < 4.78 is 7.31. The van der Waals surface area contributed by atoms with Gasteiger partial charge in [0, 0.05) is 18.8 Å². The van der Waals surface area contributed by atoms with Crippen molar-refractivity contribution in [2.24, 2.45) is 0 Å². The van der Waals surface area contributed by atoms with Gasteiger partial charge >= 0.3 is 0 Å². The SMILES string of the molecule is CCn1ncc(C(=O)NCC#CC2CCCCO2)c1C. The van der Waals surface area contributed by atoms with Crippen LogP contribution in [0.3, 0.4) is 0 Å². The van der Waals surface area contributed by atoms with Gasteiger partial charge in [-0.3, -0.25) is 9.48 Å². The van der Waals surface area contributed by atoms with Crippen LogP contribution in [0.15, 0.2) is 6.20 Å². The van der Waals surface area contributed by atoms with Crippen LogP contribution in [0.2, 0.25) is 0 Å². The molecule has 0 aromatic carbocycles. The summed E-state index contributed by atoms with van der Waals surface area (Å²) in [6.45, 7) is 5.79. The minimum Gasteiger partial charge on any atom is -0.366 e. The van der Waals surface area contributed by atoms with E-state index >= 15 is 0 Å². The predicted octanol–water partition coefficient (Wildman–Crippen LogP) is 1.51. The van der Waals surface area contributed by atoms with Gasteiger partial charge in [0.1, 0.15) is 6.10 Å². The standard InChI is InChI=1S/C15H21N3O2/c1-3-18-12(2)14(11-17-18)15(19)16-9-6-8-13-7-4-5-10-20-13/h11,13H,3-5,7,9-10H2,1-2H3,(H,16,19). The van der Waals surface area contributed by atoms with Crippen molar-refractivity contribution in [2.45, 2.75) is 45.8 Å². The van der Waals surface area contributed by atoms with Gasteiger partial charge in [0.05, 0.1) is 18.3 Å². The Kier molecular flexibility index (Phi) is 5.19. The molecule has 5 heteroatoms. The van der Waals surface area contributed by atoms with Gasteiger partial charge in [0.15, 0.2) is 0 Å². The molecule has 1 aromatic rings. The predicted molar refractivity (Wildman–Crippen MR) is 76.3 cm³/mol. The maximum atomic E-state index is 12.0. The number of carbonyl (C=O) groups is 1. The maximum absolute atomic E-state index is 12.0. The molecule has 1 amide bonds. The first-order valence-electron chi connectivity index (χ1n) is 7.13. The lowest BCUT2D eigenvalue weighted by Crippen LogP contribution is -2.24. The molecule has 5 nitrogen and oxygen atoms in total. The fourth-order valence-corrected chi connectivity index (χ4v) is 2.23. The molecule has 2 rings (SSSR count). The van der Waals surface area contributed by atoms with Crippen LogP contribution in [0.5, 0.6) is 0 Å². The fourth-order valence-electron chi connectivity index (χ4n) is 2.23. The van der Waals surface area contributed by atoms with Crippen LogP contribution in [0.25, 0.3) is 0 Å². The van der Waals surface area contributed by atoms with E-state index in [1.807, 2.05) is 13.8 Å². The quantitative estimate of drug-likeness (QED) is 0.851. The van der Waals surface area contributed by atoms with Gasteiger partial charge in [-0.05, 0) is 33.1 Å². The number of aryl methyl sites for hydroxylation is 1. The number of aromatic nitrogens is 2. The summed E-state index contributed by atoms with van der Waals surface area (Å²) in [5, 5.41) is 6.95. The molecule has 1 aliphatic rings. The van der Waals surface area contributed by atoms with Crippen LogP contribution in [0.1, 0.15) is 42.2 Å². The Bertz CT molecular complexity index is 519.